The van der Waals surface area contributed by atoms with E-state index < -0.39 is 5.82 Å². The fraction of sp³-hybridized carbons (Fsp3) is 0.333. The zero-order valence-electron chi connectivity index (χ0n) is 12.4. The summed E-state index contributed by atoms with van der Waals surface area (Å²) in [6.45, 7) is 6.12. The minimum absolute atomic E-state index is 0.166. The number of anilines is 2. The second kappa shape index (κ2) is 5.97. The highest BCUT2D eigenvalue weighted by Crippen LogP contribution is 2.26. The van der Waals surface area contributed by atoms with Gasteiger partial charge in [-0.2, -0.15) is 0 Å². The molecular formula is C15H17BrFN3O. The van der Waals surface area contributed by atoms with Crippen LogP contribution in [0.4, 0.5) is 15.9 Å². The zero-order valence-corrected chi connectivity index (χ0v) is 14.0. The molecule has 112 valence electrons. The standard InChI is InChI=1S/C15H17BrFN3O/c1-15(2,3)14-19-12(16)8-13(20-14)18-9-5-6-10(17)11(7-9)21-4/h5-8H,1-4H3,(H,18,19,20). The Hall–Kier alpha value is -1.69. The van der Waals surface area contributed by atoms with E-state index in [1.54, 1.807) is 18.2 Å². The van der Waals surface area contributed by atoms with E-state index in [0.717, 1.165) is 0 Å². The van der Waals surface area contributed by atoms with E-state index in [-0.39, 0.29) is 11.2 Å². The van der Waals surface area contributed by atoms with E-state index in [0.29, 0.717) is 21.9 Å². The lowest BCUT2D eigenvalue weighted by Crippen LogP contribution is -2.16. The lowest BCUT2D eigenvalue weighted by molar-refractivity contribution is 0.387. The fourth-order valence-corrected chi connectivity index (χ4v) is 2.09. The predicted molar refractivity (Wildman–Crippen MR) is 84.7 cm³/mol. The molecule has 21 heavy (non-hydrogen) atoms. The Morgan fingerprint density at radius 3 is 2.52 bits per heavy atom. The molecule has 0 amide bonds. The monoisotopic (exact) mass is 353 g/mol. The van der Waals surface area contributed by atoms with Crippen LogP contribution in [0, 0.1) is 5.82 Å². The van der Waals surface area contributed by atoms with Gasteiger partial charge in [-0.1, -0.05) is 20.8 Å². The van der Waals surface area contributed by atoms with Gasteiger partial charge in [-0.3, -0.25) is 0 Å². The summed E-state index contributed by atoms with van der Waals surface area (Å²) in [4.78, 5) is 8.87. The maximum absolute atomic E-state index is 13.4. The van der Waals surface area contributed by atoms with Gasteiger partial charge in [0.1, 0.15) is 16.2 Å². The summed E-state index contributed by atoms with van der Waals surface area (Å²) in [5.41, 5.74) is 0.527. The van der Waals surface area contributed by atoms with Gasteiger partial charge in [0.15, 0.2) is 11.6 Å². The van der Waals surface area contributed by atoms with Crippen molar-refractivity contribution in [3.8, 4) is 5.75 Å². The molecule has 0 saturated heterocycles. The van der Waals surface area contributed by atoms with Gasteiger partial charge in [0.05, 0.1) is 7.11 Å². The first kappa shape index (κ1) is 15.7. The normalized spacial score (nSPS) is 11.3. The van der Waals surface area contributed by atoms with E-state index >= 15 is 0 Å². The summed E-state index contributed by atoms with van der Waals surface area (Å²) < 4.78 is 19.1. The summed E-state index contributed by atoms with van der Waals surface area (Å²) >= 11 is 3.38. The van der Waals surface area contributed by atoms with Crippen LogP contribution in [0.1, 0.15) is 26.6 Å². The van der Waals surface area contributed by atoms with Crippen LogP contribution in [-0.4, -0.2) is 17.1 Å². The molecule has 0 radical (unpaired) electrons. The van der Waals surface area contributed by atoms with E-state index in [2.05, 4.69) is 31.2 Å². The summed E-state index contributed by atoms with van der Waals surface area (Å²) in [6, 6.07) is 6.33. The summed E-state index contributed by atoms with van der Waals surface area (Å²) in [5.74, 6) is 1.13. The summed E-state index contributed by atoms with van der Waals surface area (Å²) in [5, 5.41) is 3.13. The Morgan fingerprint density at radius 1 is 1.19 bits per heavy atom. The van der Waals surface area contributed by atoms with Crippen LogP contribution in [0.15, 0.2) is 28.9 Å². The van der Waals surface area contributed by atoms with Crippen molar-refractivity contribution in [1.29, 1.82) is 0 Å². The number of nitrogens with zero attached hydrogens (tertiary/aromatic N) is 2. The van der Waals surface area contributed by atoms with Crippen LogP contribution in [0.2, 0.25) is 0 Å². The quantitative estimate of drug-likeness (QED) is 0.829. The highest BCUT2D eigenvalue weighted by molar-refractivity contribution is 9.10. The highest BCUT2D eigenvalue weighted by atomic mass is 79.9. The molecule has 1 N–H and O–H groups in total. The van der Waals surface area contributed by atoms with Crippen LogP contribution in [-0.2, 0) is 5.41 Å². The third kappa shape index (κ3) is 3.91. The van der Waals surface area contributed by atoms with Gasteiger partial charge in [-0.15, -0.1) is 0 Å². The molecule has 0 saturated carbocycles. The predicted octanol–water partition coefficient (Wildman–Crippen LogP) is 4.43. The molecule has 1 heterocycles. The number of benzene rings is 1. The van der Waals surface area contributed by atoms with Crippen molar-refractivity contribution >= 4 is 27.4 Å². The van der Waals surface area contributed by atoms with Gasteiger partial charge >= 0.3 is 0 Å². The zero-order chi connectivity index (χ0) is 15.6. The number of rotatable bonds is 3. The van der Waals surface area contributed by atoms with Crippen LogP contribution < -0.4 is 10.1 Å². The van der Waals surface area contributed by atoms with E-state index in [1.807, 2.05) is 20.8 Å². The Balaban J connectivity index is 2.33. The van der Waals surface area contributed by atoms with Crippen molar-refractivity contribution in [2.24, 2.45) is 0 Å². The van der Waals surface area contributed by atoms with Gasteiger partial charge in [0.2, 0.25) is 0 Å². The minimum atomic E-state index is -0.401. The highest BCUT2D eigenvalue weighted by Gasteiger charge is 2.18. The molecule has 0 unspecified atom stereocenters. The van der Waals surface area contributed by atoms with Crippen LogP contribution in [0.25, 0.3) is 0 Å². The number of nitrogens with one attached hydrogen (secondary N) is 1. The Kier molecular flexibility index (Phi) is 4.46. The smallest absolute Gasteiger partial charge is 0.165 e. The summed E-state index contributed by atoms with van der Waals surface area (Å²) in [6.07, 6.45) is 0. The van der Waals surface area contributed by atoms with Crippen molar-refractivity contribution < 1.29 is 9.13 Å². The summed E-state index contributed by atoms with van der Waals surface area (Å²) in [7, 11) is 1.43. The Bertz CT molecular complexity index is 656. The Morgan fingerprint density at radius 2 is 1.90 bits per heavy atom. The van der Waals surface area contributed by atoms with Gasteiger partial charge in [0, 0.05) is 23.2 Å². The van der Waals surface area contributed by atoms with Crippen LogP contribution >= 0.6 is 15.9 Å². The first-order chi connectivity index (χ1) is 9.79. The molecule has 1 aromatic carbocycles. The van der Waals surface area contributed by atoms with Gasteiger partial charge in [-0.05, 0) is 28.1 Å². The molecule has 0 aliphatic rings. The van der Waals surface area contributed by atoms with Crippen molar-refractivity contribution in [2.45, 2.75) is 26.2 Å². The molecule has 1 aromatic heterocycles. The van der Waals surface area contributed by atoms with E-state index in [4.69, 9.17) is 4.74 Å². The van der Waals surface area contributed by atoms with Crippen LogP contribution in [0.3, 0.4) is 0 Å². The van der Waals surface area contributed by atoms with E-state index in [9.17, 15) is 4.39 Å². The number of halogens is 2. The molecule has 2 aromatic rings. The first-order valence-corrected chi connectivity index (χ1v) is 7.24. The Labute approximate surface area is 131 Å². The van der Waals surface area contributed by atoms with Crippen molar-refractivity contribution in [3.05, 3.63) is 40.5 Å². The molecule has 0 bridgehead atoms. The van der Waals surface area contributed by atoms with Gasteiger partial charge in [0.25, 0.3) is 0 Å². The van der Waals surface area contributed by atoms with Crippen molar-refractivity contribution in [1.82, 2.24) is 9.97 Å². The van der Waals surface area contributed by atoms with Gasteiger partial charge < -0.3 is 10.1 Å². The SMILES string of the molecule is COc1cc(Nc2cc(Br)nc(C(C)(C)C)n2)ccc1F. The average Bonchev–Trinajstić information content (AvgIpc) is 2.39. The second-order valence-electron chi connectivity index (χ2n) is 5.62. The average molecular weight is 354 g/mol. The third-order valence-electron chi connectivity index (χ3n) is 2.79. The maximum Gasteiger partial charge on any atom is 0.165 e. The lowest BCUT2D eigenvalue weighted by Gasteiger charge is -2.18. The maximum atomic E-state index is 13.4. The topological polar surface area (TPSA) is 47.0 Å². The van der Waals surface area contributed by atoms with Crippen molar-refractivity contribution in [2.75, 3.05) is 12.4 Å². The molecule has 6 heteroatoms. The van der Waals surface area contributed by atoms with E-state index in [1.165, 1.54) is 13.2 Å². The number of hydrogen-bond acceptors (Lipinski definition) is 4. The van der Waals surface area contributed by atoms with Gasteiger partial charge in [-0.25, -0.2) is 14.4 Å². The van der Waals surface area contributed by atoms with Crippen LogP contribution in [0.5, 0.6) is 5.75 Å². The molecule has 0 spiro atoms. The molecule has 2 rings (SSSR count). The molecule has 0 atom stereocenters. The molecule has 0 fully saturated rings. The second-order valence-corrected chi connectivity index (χ2v) is 6.44. The molecule has 0 aliphatic heterocycles. The number of hydrogen-bond donors (Lipinski definition) is 1. The largest absolute Gasteiger partial charge is 0.494 e. The molecular weight excluding hydrogens is 337 g/mol. The first-order valence-electron chi connectivity index (χ1n) is 6.45. The molecule has 4 nitrogen and oxygen atoms in total. The minimum Gasteiger partial charge on any atom is -0.494 e. The number of methoxy groups -OCH3 is 1. The number of aromatic nitrogens is 2. The lowest BCUT2D eigenvalue weighted by atomic mass is 9.96. The molecule has 0 aliphatic carbocycles. The number of ether oxygens (including phenoxy) is 1. The fourth-order valence-electron chi connectivity index (χ4n) is 1.70. The van der Waals surface area contributed by atoms with Crippen molar-refractivity contribution in [3.63, 3.8) is 0 Å². The third-order valence-corrected chi connectivity index (χ3v) is 3.20.